The van der Waals surface area contributed by atoms with Crippen LogP contribution in [0.1, 0.15) is 5.56 Å². The first kappa shape index (κ1) is 12.7. The molecule has 0 aliphatic rings. The third-order valence-corrected chi connectivity index (χ3v) is 2.68. The van der Waals surface area contributed by atoms with Gasteiger partial charge in [-0.1, -0.05) is 25.2 Å². The molecule has 0 aliphatic heterocycles. The van der Waals surface area contributed by atoms with E-state index in [1.165, 1.54) is 5.56 Å². The van der Waals surface area contributed by atoms with Crippen molar-refractivity contribution in [2.45, 2.75) is 13.1 Å². The average molecular weight is 186 g/mol. The molecule has 13 heavy (non-hydrogen) atoms. The van der Waals surface area contributed by atoms with Gasteiger partial charge in [-0.25, -0.2) is 0 Å². The summed E-state index contributed by atoms with van der Waals surface area (Å²) in [6, 6.07) is 10.5. The zero-order chi connectivity index (χ0) is 8.97. The molecule has 0 saturated carbocycles. The minimum absolute atomic E-state index is 0. The Balaban J connectivity index is 0.00000144. The second kappa shape index (κ2) is 6.20. The molecule has 3 heteroatoms. The van der Waals surface area contributed by atoms with Gasteiger partial charge in [0.25, 0.3) is 0 Å². The molecule has 0 amide bonds. The van der Waals surface area contributed by atoms with Gasteiger partial charge < -0.3 is 4.74 Å². The Labute approximate surface area is 94.3 Å². The van der Waals surface area contributed by atoms with Gasteiger partial charge in [0.15, 0.2) is 0 Å². The van der Waals surface area contributed by atoms with Crippen molar-refractivity contribution in [1.29, 1.82) is 0 Å². The maximum Gasteiger partial charge on any atom is 1.00 e. The Morgan fingerprint density at radius 3 is 2.38 bits per heavy atom. The number of rotatable bonds is 3. The number of hydrogen-bond donors (Lipinski definition) is 0. The van der Waals surface area contributed by atoms with Crippen LogP contribution in [0.15, 0.2) is 24.3 Å². The second-order valence-electron chi connectivity index (χ2n) is 3.15. The quantitative estimate of drug-likeness (QED) is 0.447. The van der Waals surface area contributed by atoms with Crippen LogP contribution in [0, 0.1) is 6.04 Å². The van der Waals surface area contributed by atoms with Crippen LogP contribution in [0.5, 0.6) is 5.75 Å². The van der Waals surface area contributed by atoms with Crippen LogP contribution in [0.3, 0.4) is 0 Å². The number of methoxy groups -OCH3 is 1. The van der Waals surface area contributed by atoms with Crippen molar-refractivity contribution < 1.29 is 23.6 Å². The van der Waals surface area contributed by atoms with Crippen molar-refractivity contribution in [3.63, 3.8) is 0 Å². The Kier molecular flexibility index (Phi) is 6.06. The first-order valence-electron chi connectivity index (χ1n) is 4.22. The molecule has 0 saturated heterocycles. The van der Waals surface area contributed by atoms with Crippen molar-refractivity contribution >= 4 is 8.80 Å². The van der Waals surface area contributed by atoms with E-state index >= 15 is 0 Å². The van der Waals surface area contributed by atoms with Crippen LogP contribution >= 0.6 is 0 Å². The van der Waals surface area contributed by atoms with Crippen LogP contribution in [0.4, 0.5) is 0 Å². The standard InChI is InChI=1S/C10H15OSi.Li/c1-11-10-7-5-4-6-9(10)8-12(2)3;/h4-8,12H,1-3H3;/q-1;+1. The molecule has 0 radical (unpaired) electrons. The van der Waals surface area contributed by atoms with Crippen molar-refractivity contribution in [2.24, 2.45) is 0 Å². The van der Waals surface area contributed by atoms with Crippen LogP contribution < -0.4 is 23.6 Å². The average Bonchev–Trinajstić information content (AvgIpc) is 2.04. The molecule has 1 rings (SSSR count). The van der Waals surface area contributed by atoms with Crippen LogP contribution in [-0.2, 0) is 0 Å². The summed E-state index contributed by atoms with van der Waals surface area (Å²) >= 11 is 0. The number of benzene rings is 1. The Hall–Kier alpha value is -0.296. The molecule has 0 aromatic heterocycles. The molecule has 0 unspecified atom stereocenters. The first-order valence-corrected chi connectivity index (χ1v) is 7.19. The van der Waals surface area contributed by atoms with E-state index in [1.807, 2.05) is 18.2 Å². The smallest absolute Gasteiger partial charge is 0.554 e. The summed E-state index contributed by atoms with van der Waals surface area (Å²) in [7, 11) is 1.07. The normalized spacial score (nSPS) is 9.23. The largest absolute Gasteiger partial charge is 1.00 e. The molecule has 0 bridgehead atoms. The van der Waals surface area contributed by atoms with Crippen molar-refractivity contribution in [3.05, 3.63) is 35.9 Å². The van der Waals surface area contributed by atoms with E-state index < -0.39 is 8.80 Å². The maximum atomic E-state index is 5.24. The number of ether oxygens (including phenoxy) is 1. The fourth-order valence-corrected chi connectivity index (χ4v) is 2.16. The molecule has 0 atom stereocenters. The predicted octanol–water partition coefficient (Wildman–Crippen LogP) is -0.723. The van der Waals surface area contributed by atoms with Crippen molar-refractivity contribution in [2.75, 3.05) is 7.11 Å². The van der Waals surface area contributed by atoms with Gasteiger partial charge in [-0.05, 0) is 8.80 Å². The van der Waals surface area contributed by atoms with Gasteiger partial charge in [0.2, 0.25) is 0 Å². The molecule has 1 aromatic carbocycles. The molecule has 0 N–H and O–H groups in total. The Morgan fingerprint density at radius 1 is 1.23 bits per heavy atom. The summed E-state index contributed by atoms with van der Waals surface area (Å²) in [6.45, 7) is 4.60. The molecular formula is C10H15LiOSi. The molecule has 1 nitrogen and oxygen atoms in total. The van der Waals surface area contributed by atoms with Gasteiger partial charge in [0, 0.05) is 5.75 Å². The zero-order valence-electron chi connectivity index (χ0n) is 8.87. The first-order chi connectivity index (χ1) is 5.74. The van der Waals surface area contributed by atoms with Gasteiger partial charge in [-0.3, -0.25) is 0 Å². The zero-order valence-corrected chi connectivity index (χ0v) is 10.0. The molecule has 0 spiro atoms. The molecule has 0 heterocycles. The van der Waals surface area contributed by atoms with E-state index in [0.717, 1.165) is 5.75 Å². The van der Waals surface area contributed by atoms with E-state index in [0.29, 0.717) is 0 Å². The summed E-state index contributed by atoms with van der Waals surface area (Å²) in [4.78, 5) is 0. The Morgan fingerprint density at radius 2 is 1.85 bits per heavy atom. The predicted molar refractivity (Wildman–Crippen MR) is 55.3 cm³/mol. The molecule has 1 aromatic rings. The van der Waals surface area contributed by atoms with E-state index in [4.69, 9.17) is 4.74 Å². The van der Waals surface area contributed by atoms with Gasteiger partial charge >= 0.3 is 18.9 Å². The number of hydrogen-bond acceptors (Lipinski definition) is 1. The third kappa shape index (κ3) is 3.95. The molecule has 0 aliphatic carbocycles. The van der Waals surface area contributed by atoms with Crippen LogP contribution in [0.25, 0.3) is 0 Å². The second-order valence-corrected chi connectivity index (χ2v) is 5.97. The van der Waals surface area contributed by atoms with Gasteiger partial charge in [0.05, 0.1) is 7.11 Å². The van der Waals surface area contributed by atoms with E-state index in [-0.39, 0.29) is 18.9 Å². The van der Waals surface area contributed by atoms with Crippen molar-refractivity contribution in [1.82, 2.24) is 0 Å². The van der Waals surface area contributed by atoms with Crippen molar-refractivity contribution in [3.8, 4) is 5.75 Å². The third-order valence-electron chi connectivity index (χ3n) is 1.65. The van der Waals surface area contributed by atoms with E-state index in [9.17, 15) is 0 Å². The number of para-hydroxylation sites is 1. The molecule has 66 valence electrons. The summed E-state index contributed by atoms with van der Waals surface area (Å²) in [6.07, 6.45) is 0. The topological polar surface area (TPSA) is 9.23 Å². The van der Waals surface area contributed by atoms with E-state index in [1.54, 1.807) is 7.11 Å². The van der Waals surface area contributed by atoms with Gasteiger partial charge in [-0.2, -0.15) is 17.7 Å². The summed E-state index contributed by atoms with van der Waals surface area (Å²) in [5.41, 5.74) is 1.24. The SMILES string of the molecule is COc1ccccc1[CH-][SiH](C)C.[Li+]. The summed E-state index contributed by atoms with van der Waals surface area (Å²) < 4.78 is 5.24. The fourth-order valence-electron chi connectivity index (χ4n) is 1.16. The fraction of sp³-hybridized carbons (Fsp3) is 0.300. The van der Waals surface area contributed by atoms with Gasteiger partial charge in [-0.15, -0.1) is 6.07 Å². The summed E-state index contributed by atoms with van der Waals surface area (Å²) in [5.74, 6) is 0.985. The van der Waals surface area contributed by atoms with E-state index in [2.05, 4.69) is 25.2 Å². The summed E-state index contributed by atoms with van der Waals surface area (Å²) in [5, 5.41) is 0. The Bertz CT molecular complexity index is 250. The molecule has 0 fully saturated rings. The van der Waals surface area contributed by atoms with Crippen LogP contribution in [-0.4, -0.2) is 15.9 Å². The maximum absolute atomic E-state index is 5.24. The minimum atomic E-state index is -0.644. The minimum Gasteiger partial charge on any atom is -0.554 e. The van der Waals surface area contributed by atoms with Gasteiger partial charge in [0.1, 0.15) is 0 Å². The monoisotopic (exact) mass is 186 g/mol. The van der Waals surface area contributed by atoms with Crippen LogP contribution in [0.2, 0.25) is 13.1 Å². The molecular weight excluding hydrogens is 171 g/mol.